The van der Waals surface area contributed by atoms with Crippen molar-refractivity contribution in [2.24, 2.45) is 7.05 Å². The van der Waals surface area contributed by atoms with Crippen LogP contribution in [-0.4, -0.2) is 52.6 Å². The smallest absolute Gasteiger partial charge is 0.284 e. The number of nitrogens with one attached hydrogen (secondary N) is 2. The van der Waals surface area contributed by atoms with Gasteiger partial charge in [0.25, 0.3) is 11.5 Å². The Kier molecular flexibility index (Phi) is 7.20. The van der Waals surface area contributed by atoms with E-state index in [0.717, 1.165) is 6.42 Å². The Morgan fingerprint density at radius 2 is 1.86 bits per heavy atom. The highest BCUT2D eigenvalue weighted by molar-refractivity contribution is 6.34. The average molecular weight is 619 g/mol. The number of halogens is 2. The molecule has 0 bridgehead atoms. The van der Waals surface area contributed by atoms with Crippen LogP contribution >= 0.6 is 23.2 Å². The first kappa shape index (κ1) is 28.1. The largest absolute Gasteiger partial charge is 0.382 e. The molecule has 2 amide bonds. The van der Waals surface area contributed by atoms with E-state index in [1.165, 1.54) is 21.8 Å². The Hall–Kier alpha value is -5.01. The average Bonchev–Trinajstić information content (AvgIpc) is 3.69. The van der Waals surface area contributed by atoms with Crippen molar-refractivity contribution in [1.82, 2.24) is 34.3 Å². The van der Waals surface area contributed by atoms with Crippen LogP contribution in [0.2, 0.25) is 10.0 Å². The van der Waals surface area contributed by atoms with E-state index in [1.54, 1.807) is 55.4 Å². The number of anilines is 3. The topological polar surface area (TPSA) is 170 Å². The third kappa shape index (κ3) is 5.13. The summed E-state index contributed by atoms with van der Waals surface area (Å²) in [7, 11) is 1.65. The van der Waals surface area contributed by atoms with E-state index in [9.17, 15) is 14.4 Å². The van der Waals surface area contributed by atoms with E-state index in [1.807, 2.05) is 0 Å². The van der Waals surface area contributed by atoms with Crippen LogP contribution in [0.15, 0.2) is 53.7 Å². The summed E-state index contributed by atoms with van der Waals surface area (Å²) < 4.78 is 2.83. The summed E-state index contributed by atoms with van der Waals surface area (Å²) in [5.41, 5.74) is 8.40. The van der Waals surface area contributed by atoms with Gasteiger partial charge in [-0.3, -0.25) is 28.9 Å². The van der Waals surface area contributed by atoms with E-state index in [-0.39, 0.29) is 17.3 Å². The van der Waals surface area contributed by atoms with Crippen molar-refractivity contribution in [3.63, 3.8) is 0 Å². The summed E-state index contributed by atoms with van der Waals surface area (Å²) in [5, 5.41) is 3.42. The van der Waals surface area contributed by atoms with Gasteiger partial charge in [-0.2, -0.15) is 0 Å². The standard InChI is InChI=1S/C28H24Cl2N10O3/c1-14-23(27(43)40(38(14)2)21-10-15(29)5-7-17(21)30)26(42)35-16-6-8-18(32-11-16)24-25(31)33-12-19(36-24)20-13-34-28(37-20)39-9-3-4-22(39)41/h5-8,10-13H,3-4,9H2,1-2H3,(H2,31,33)(H,34,37)(H,35,42). The number of nitrogens with zero attached hydrogens (tertiary/aromatic N) is 7. The lowest BCUT2D eigenvalue weighted by molar-refractivity contribution is -0.117. The molecule has 5 aromatic rings. The molecule has 0 saturated carbocycles. The second-order valence-corrected chi connectivity index (χ2v) is 10.7. The van der Waals surface area contributed by atoms with Crippen molar-refractivity contribution in [3.8, 4) is 28.5 Å². The fraction of sp³-hybridized carbons (Fsp3) is 0.179. The number of nitrogen functional groups attached to an aromatic ring is 1. The molecule has 4 N–H and O–H groups in total. The van der Waals surface area contributed by atoms with E-state index in [4.69, 9.17) is 28.9 Å². The molecule has 5 heterocycles. The number of aromatic amines is 1. The van der Waals surface area contributed by atoms with Crippen LogP contribution in [0.25, 0.3) is 28.5 Å². The van der Waals surface area contributed by atoms with E-state index < -0.39 is 11.5 Å². The lowest BCUT2D eigenvalue weighted by atomic mass is 10.2. The summed E-state index contributed by atoms with van der Waals surface area (Å²) in [4.78, 5) is 60.9. The Morgan fingerprint density at radius 1 is 1.05 bits per heavy atom. The van der Waals surface area contributed by atoms with Gasteiger partial charge in [0.2, 0.25) is 11.9 Å². The number of benzene rings is 1. The number of imidazole rings is 1. The van der Waals surface area contributed by atoms with Crippen molar-refractivity contribution < 1.29 is 9.59 Å². The van der Waals surface area contributed by atoms with Gasteiger partial charge in [-0.25, -0.2) is 19.6 Å². The van der Waals surface area contributed by atoms with Gasteiger partial charge in [0.05, 0.1) is 52.1 Å². The minimum Gasteiger partial charge on any atom is -0.382 e. The molecule has 1 aromatic carbocycles. The first-order valence-electron chi connectivity index (χ1n) is 13.1. The first-order valence-corrected chi connectivity index (χ1v) is 13.9. The summed E-state index contributed by atoms with van der Waals surface area (Å²) in [5.74, 6) is 0.00643. The Bertz CT molecular complexity index is 1960. The molecule has 15 heteroatoms. The molecule has 1 aliphatic heterocycles. The van der Waals surface area contributed by atoms with Crippen molar-refractivity contribution in [2.75, 3.05) is 22.5 Å². The Morgan fingerprint density at radius 3 is 2.58 bits per heavy atom. The molecule has 0 unspecified atom stereocenters. The number of aromatic nitrogens is 7. The Labute approximate surface area is 254 Å². The number of hydrogen-bond acceptors (Lipinski definition) is 8. The number of pyridine rings is 1. The van der Waals surface area contributed by atoms with Crippen molar-refractivity contribution >= 4 is 52.5 Å². The zero-order valence-corrected chi connectivity index (χ0v) is 24.4. The van der Waals surface area contributed by atoms with Gasteiger partial charge < -0.3 is 16.0 Å². The molecule has 1 saturated heterocycles. The van der Waals surface area contributed by atoms with E-state index >= 15 is 0 Å². The zero-order valence-electron chi connectivity index (χ0n) is 22.9. The molecular weight excluding hydrogens is 595 g/mol. The predicted molar refractivity (Wildman–Crippen MR) is 163 cm³/mol. The van der Waals surface area contributed by atoms with Crippen molar-refractivity contribution in [1.29, 1.82) is 0 Å². The van der Waals surface area contributed by atoms with Gasteiger partial charge in [0.1, 0.15) is 17.0 Å². The Balaban J connectivity index is 1.24. The van der Waals surface area contributed by atoms with Gasteiger partial charge in [-0.1, -0.05) is 23.2 Å². The van der Waals surface area contributed by atoms with Gasteiger partial charge in [-0.15, -0.1) is 0 Å². The molecule has 0 atom stereocenters. The highest BCUT2D eigenvalue weighted by Crippen LogP contribution is 2.27. The monoisotopic (exact) mass is 618 g/mol. The maximum absolute atomic E-state index is 13.3. The third-order valence-electron chi connectivity index (χ3n) is 7.15. The zero-order chi connectivity index (χ0) is 30.4. The lowest BCUT2D eigenvalue weighted by Crippen LogP contribution is -2.25. The number of hydrogen-bond donors (Lipinski definition) is 3. The van der Waals surface area contributed by atoms with Gasteiger partial charge in [0, 0.05) is 25.0 Å². The summed E-state index contributed by atoms with van der Waals surface area (Å²) >= 11 is 12.4. The van der Waals surface area contributed by atoms with Crippen LogP contribution < -0.4 is 21.5 Å². The second kappa shape index (κ2) is 11.0. The van der Waals surface area contributed by atoms with Crippen LogP contribution in [-0.2, 0) is 11.8 Å². The molecule has 0 radical (unpaired) electrons. The maximum atomic E-state index is 13.3. The number of carbonyl (C=O) groups is 2. The molecule has 13 nitrogen and oxygen atoms in total. The van der Waals surface area contributed by atoms with Crippen LogP contribution in [0, 0.1) is 6.92 Å². The highest BCUT2D eigenvalue weighted by atomic mass is 35.5. The molecule has 0 aliphatic carbocycles. The fourth-order valence-electron chi connectivity index (χ4n) is 4.86. The minimum absolute atomic E-state index is 0.0139. The molecule has 4 aromatic heterocycles. The first-order chi connectivity index (χ1) is 20.6. The number of amides is 2. The number of nitrogens with two attached hydrogens (primary N) is 1. The molecule has 43 heavy (non-hydrogen) atoms. The minimum atomic E-state index is -0.614. The molecule has 218 valence electrons. The normalized spacial score (nSPS) is 13.1. The van der Waals surface area contributed by atoms with E-state index in [2.05, 4.69) is 30.2 Å². The van der Waals surface area contributed by atoms with E-state index in [0.29, 0.717) is 68.8 Å². The van der Waals surface area contributed by atoms with Crippen LogP contribution in [0.3, 0.4) is 0 Å². The molecule has 1 aliphatic rings. The molecule has 1 fully saturated rings. The van der Waals surface area contributed by atoms with Gasteiger partial charge in [0.15, 0.2) is 5.82 Å². The fourth-order valence-corrected chi connectivity index (χ4v) is 5.22. The summed E-state index contributed by atoms with van der Waals surface area (Å²) in [6.45, 7) is 2.26. The number of carbonyl (C=O) groups excluding carboxylic acids is 2. The summed E-state index contributed by atoms with van der Waals surface area (Å²) in [6.07, 6.45) is 5.78. The van der Waals surface area contributed by atoms with Crippen LogP contribution in [0.4, 0.5) is 17.5 Å². The predicted octanol–water partition coefficient (Wildman–Crippen LogP) is 3.99. The summed E-state index contributed by atoms with van der Waals surface area (Å²) in [6, 6.07) is 7.99. The van der Waals surface area contributed by atoms with Crippen molar-refractivity contribution in [2.45, 2.75) is 19.8 Å². The second-order valence-electron chi connectivity index (χ2n) is 9.84. The van der Waals surface area contributed by atoms with Crippen LogP contribution in [0.1, 0.15) is 28.9 Å². The van der Waals surface area contributed by atoms with Gasteiger partial charge in [-0.05, 0) is 43.7 Å². The lowest BCUT2D eigenvalue weighted by Gasteiger charge is -2.11. The van der Waals surface area contributed by atoms with Gasteiger partial charge >= 0.3 is 0 Å². The van der Waals surface area contributed by atoms with Crippen LogP contribution in [0.5, 0.6) is 0 Å². The highest BCUT2D eigenvalue weighted by Gasteiger charge is 2.25. The maximum Gasteiger partial charge on any atom is 0.284 e. The molecular formula is C28H24Cl2N10O3. The molecule has 6 rings (SSSR count). The number of H-pyrrole nitrogens is 1. The molecule has 0 spiro atoms. The van der Waals surface area contributed by atoms with Crippen molar-refractivity contribution in [3.05, 3.63) is 80.6 Å². The SMILES string of the molecule is Cc1c(C(=O)Nc2ccc(-c3nc(-c4cnc(N5CCCC5=O)[nH]4)cnc3N)nc2)c(=O)n(-c2cc(Cl)ccc2Cl)n1C. The number of rotatable bonds is 6. The third-order valence-corrected chi connectivity index (χ3v) is 7.70. The quantitative estimate of drug-likeness (QED) is 0.256.